The van der Waals surface area contributed by atoms with Gasteiger partial charge in [-0.1, -0.05) is 11.6 Å². The smallest absolute Gasteiger partial charge is 0.341 e. The quantitative estimate of drug-likeness (QED) is 0.875. The molecule has 0 amide bonds. The van der Waals surface area contributed by atoms with Gasteiger partial charge in [-0.3, -0.25) is 0 Å². The largest absolute Gasteiger partial charge is 0.493 e. The van der Waals surface area contributed by atoms with Gasteiger partial charge < -0.3 is 9.84 Å². The highest BCUT2D eigenvalue weighted by molar-refractivity contribution is 6.35. The predicted octanol–water partition coefficient (Wildman–Crippen LogP) is 1.57. The summed E-state index contributed by atoms with van der Waals surface area (Å²) < 4.78 is 6.27. The number of carboxylic acid groups (broad SMARTS) is 1. The zero-order valence-corrected chi connectivity index (χ0v) is 9.39. The highest BCUT2D eigenvalue weighted by Crippen LogP contribution is 2.33. The number of carbonyl (C=O) groups is 1. The fourth-order valence-electron chi connectivity index (χ4n) is 1.51. The van der Waals surface area contributed by atoms with Gasteiger partial charge in [-0.15, -0.1) is 0 Å². The minimum Gasteiger partial charge on any atom is -0.493 e. The molecule has 2 aromatic rings. The SMILES string of the molecule is COc1c(C(=O)O)cn2ncc(C#N)c(Cl)c12. The van der Waals surface area contributed by atoms with Crippen LogP contribution in [0.1, 0.15) is 15.9 Å². The Morgan fingerprint density at radius 1 is 1.71 bits per heavy atom. The molecule has 0 radical (unpaired) electrons. The summed E-state index contributed by atoms with van der Waals surface area (Å²) in [5.41, 5.74) is 0.370. The first-order chi connectivity index (χ1) is 8.10. The maximum absolute atomic E-state index is 11.0. The maximum atomic E-state index is 11.0. The van der Waals surface area contributed by atoms with Crippen molar-refractivity contribution in [3.05, 3.63) is 28.5 Å². The molecular formula is C10H6ClN3O3. The summed E-state index contributed by atoms with van der Waals surface area (Å²) in [6, 6.07) is 1.87. The fourth-order valence-corrected chi connectivity index (χ4v) is 1.77. The van der Waals surface area contributed by atoms with Gasteiger partial charge in [0.05, 0.1) is 23.9 Å². The van der Waals surface area contributed by atoms with Gasteiger partial charge in [0, 0.05) is 6.20 Å². The van der Waals surface area contributed by atoms with Gasteiger partial charge in [-0.05, 0) is 0 Å². The summed E-state index contributed by atoms with van der Waals surface area (Å²) in [4.78, 5) is 11.0. The Morgan fingerprint density at radius 3 is 2.94 bits per heavy atom. The summed E-state index contributed by atoms with van der Waals surface area (Å²) in [6.45, 7) is 0. The van der Waals surface area contributed by atoms with Crippen LogP contribution < -0.4 is 4.74 Å². The van der Waals surface area contributed by atoms with Crippen LogP contribution in [0.3, 0.4) is 0 Å². The van der Waals surface area contributed by atoms with Crippen molar-refractivity contribution in [2.24, 2.45) is 0 Å². The van der Waals surface area contributed by atoms with Crippen molar-refractivity contribution in [3.63, 3.8) is 0 Å². The van der Waals surface area contributed by atoms with E-state index in [1.165, 1.54) is 24.0 Å². The van der Waals surface area contributed by atoms with Crippen molar-refractivity contribution in [2.75, 3.05) is 7.11 Å². The Kier molecular flexibility index (Phi) is 2.61. The Balaban J connectivity index is 2.90. The van der Waals surface area contributed by atoms with E-state index in [1.807, 2.05) is 6.07 Å². The van der Waals surface area contributed by atoms with Crippen LogP contribution >= 0.6 is 11.6 Å². The monoisotopic (exact) mass is 251 g/mol. The normalized spacial score (nSPS) is 10.2. The summed E-state index contributed by atoms with van der Waals surface area (Å²) in [5, 5.41) is 21.8. The average Bonchev–Trinajstić information content (AvgIpc) is 2.69. The molecule has 0 aromatic carbocycles. The Hall–Kier alpha value is -2.26. The molecule has 0 bridgehead atoms. The maximum Gasteiger partial charge on any atom is 0.341 e. The number of methoxy groups -OCH3 is 1. The number of hydrogen-bond donors (Lipinski definition) is 1. The molecule has 0 saturated heterocycles. The summed E-state index contributed by atoms with van der Waals surface area (Å²) in [6.07, 6.45) is 2.55. The minimum absolute atomic E-state index is 0.0583. The highest BCUT2D eigenvalue weighted by atomic mass is 35.5. The Morgan fingerprint density at radius 2 is 2.41 bits per heavy atom. The summed E-state index contributed by atoms with van der Waals surface area (Å²) >= 11 is 5.99. The average molecular weight is 252 g/mol. The van der Waals surface area contributed by atoms with Gasteiger partial charge in [0.1, 0.15) is 17.1 Å². The van der Waals surface area contributed by atoms with Crippen LogP contribution in [0.5, 0.6) is 5.75 Å². The first-order valence-electron chi connectivity index (χ1n) is 4.47. The van der Waals surface area contributed by atoms with Gasteiger partial charge in [0.2, 0.25) is 0 Å². The molecule has 0 aliphatic carbocycles. The number of fused-ring (bicyclic) bond motifs is 1. The van der Waals surface area contributed by atoms with E-state index in [1.54, 1.807) is 0 Å². The molecule has 6 nitrogen and oxygen atoms in total. The van der Waals surface area contributed by atoms with Crippen molar-refractivity contribution in [1.29, 1.82) is 5.26 Å². The van der Waals surface area contributed by atoms with Crippen LogP contribution in [0.25, 0.3) is 5.52 Å². The van der Waals surface area contributed by atoms with E-state index in [0.717, 1.165) is 0 Å². The van der Waals surface area contributed by atoms with Crippen molar-refractivity contribution >= 4 is 23.1 Å². The zero-order chi connectivity index (χ0) is 12.6. The molecule has 0 fully saturated rings. The van der Waals surface area contributed by atoms with Crippen LogP contribution in [0.2, 0.25) is 5.02 Å². The van der Waals surface area contributed by atoms with Crippen molar-refractivity contribution < 1.29 is 14.6 Å². The van der Waals surface area contributed by atoms with Gasteiger partial charge >= 0.3 is 5.97 Å². The molecule has 1 N–H and O–H groups in total. The molecule has 2 rings (SSSR count). The lowest BCUT2D eigenvalue weighted by atomic mass is 10.2. The first-order valence-corrected chi connectivity index (χ1v) is 4.85. The Labute approximate surface area is 101 Å². The second kappa shape index (κ2) is 3.96. The van der Waals surface area contributed by atoms with Gasteiger partial charge in [-0.25, -0.2) is 9.31 Å². The van der Waals surface area contributed by atoms with E-state index in [2.05, 4.69) is 5.10 Å². The second-order valence-electron chi connectivity index (χ2n) is 3.16. The molecule has 0 saturated carbocycles. The van der Waals surface area contributed by atoms with Crippen LogP contribution in [0.15, 0.2) is 12.4 Å². The van der Waals surface area contributed by atoms with Crippen LogP contribution in [-0.4, -0.2) is 27.8 Å². The second-order valence-corrected chi connectivity index (χ2v) is 3.54. The number of ether oxygens (including phenoxy) is 1. The first kappa shape index (κ1) is 11.2. The number of hydrogen-bond acceptors (Lipinski definition) is 4. The molecule has 0 unspecified atom stereocenters. The molecule has 7 heteroatoms. The molecule has 0 aliphatic rings. The number of aromatic nitrogens is 2. The highest BCUT2D eigenvalue weighted by Gasteiger charge is 2.21. The predicted molar refractivity (Wildman–Crippen MR) is 58.4 cm³/mol. The van der Waals surface area contributed by atoms with Crippen molar-refractivity contribution in [2.45, 2.75) is 0 Å². The third-order valence-electron chi connectivity index (χ3n) is 2.25. The molecule has 86 valence electrons. The number of rotatable bonds is 2. The summed E-state index contributed by atoms with van der Waals surface area (Å²) in [7, 11) is 1.33. The molecule has 2 aromatic heterocycles. The molecule has 17 heavy (non-hydrogen) atoms. The lowest BCUT2D eigenvalue weighted by molar-refractivity contribution is 0.0694. The minimum atomic E-state index is -1.15. The molecule has 0 atom stereocenters. The zero-order valence-electron chi connectivity index (χ0n) is 8.64. The number of carboxylic acids is 1. The van der Waals surface area contributed by atoms with E-state index < -0.39 is 5.97 Å². The van der Waals surface area contributed by atoms with E-state index in [-0.39, 0.29) is 27.4 Å². The lowest BCUT2D eigenvalue weighted by Crippen LogP contribution is -1.96. The molecular weight excluding hydrogens is 246 g/mol. The third-order valence-corrected chi connectivity index (χ3v) is 2.63. The topological polar surface area (TPSA) is 87.6 Å². The lowest BCUT2D eigenvalue weighted by Gasteiger charge is -2.02. The van der Waals surface area contributed by atoms with Gasteiger partial charge in [0.15, 0.2) is 5.75 Å². The van der Waals surface area contributed by atoms with E-state index in [9.17, 15) is 4.79 Å². The number of nitrogens with zero attached hydrogens (tertiary/aromatic N) is 3. The van der Waals surface area contributed by atoms with Gasteiger partial charge in [-0.2, -0.15) is 10.4 Å². The summed E-state index contributed by atoms with van der Waals surface area (Å²) in [5.74, 6) is -1.06. The van der Waals surface area contributed by atoms with Crippen LogP contribution in [0, 0.1) is 11.3 Å². The van der Waals surface area contributed by atoms with Crippen LogP contribution in [0.4, 0.5) is 0 Å². The van der Waals surface area contributed by atoms with Crippen molar-refractivity contribution in [1.82, 2.24) is 9.61 Å². The standard InChI is InChI=1S/C10H6ClN3O3/c1-17-9-6(10(15)16)4-14-8(9)7(11)5(2-12)3-13-14/h3-4H,1H3,(H,15,16). The number of aromatic carboxylic acids is 1. The molecule has 0 spiro atoms. The van der Waals surface area contributed by atoms with E-state index >= 15 is 0 Å². The van der Waals surface area contributed by atoms with Crippen molar-refractivity contribution in [3.8, 4) is 11.8 Å². The number of halogens is 1. The molecule has 0 aliphatic heterocycles. The number of nitriles is 1. The van der Waals surface area contributed by atoms with Gasteiger partial charge in [0.25, 0.3) is 0 Å². The molecule has 2 heterocycles. The Bertz CT molecular complexity index is 657. The fraction of sp³-hybridized carbons (Fsp3) is 0.100. The third kappa shape index (κ3) is 1.57. The van der Waals surface area contributed by atoms with E-state index in [0.29, 0.717) is 0 Å². The van der Waals surface area contributed by atoms with Crippen LogP contribution in [-0.2, 0) is 0 Å². The van der Waals surface area contributed by atoms with E-state index in [4.69, 9.17) is 26.7 Å².